The lowest BCUT2D eigenvalue weighted by Gasteiger charge is -2.12. The van der Waals surface area contributed by atoms with Crippen LogP contribution in [0.2, 0.25) is 0 Å². The number of unbranched alkanes of at least 4 members (excludes halogenated alkanes) is 35. The molecule has 0 rings (SSSR count). The molecule has 0 radical (unpaired) electrons. The number of nitrogens with one attached hydrogen (secondary N) is 1. The third-order valence-electron chi connectivity index (χ3n) is 9.99. The summed E-state index contributed by atoms with van der Waals surface area (Å²) in [5, 5.41) is 13.6. The molecular formula is C42H87NO. The summed E-state index contributed by atoms with van der Waals surface area (Å²) >= 11 is 0. The van der Waals surface area contributed by atoms with Crippen molar-refractivity contribution in [3.05, 3.63) is 0 Å². The molecule has 0 aromatic rings. The molecule has 0 aliphatic carbocycles. The van der Waals surface area contributed by atoms with Crippen molar-refractivity contribution in [2.24, 2.45) is 0 Å². The smallest absolute Gasteiger partial charge is 0.104 e. The molecule has 44 heavy (non-hydrogen) atoms. The highest BCUT2D eigenvalue weighted by Crippen LogP contribution is 2.16. The fraction of sp³-hybridized carbons (Fsp3) is 1.00. The van der Waals surface area contributed by atoms with Gasteiger partial charge in [-0.3, -0.25) is 5.32 Å². The Morgan fingerprint density at radius 2 is 0.500 bits per heavy atom. The maximum Gasteiger partial charge on any atom is 0.104 e. The molecule has 0 saturated carbocycles. The molecule has 0 aliphatic heterocycles. The normalized spacial score (nSPS) is 12.3. The van der Waals surface area contributed by atoms with Gasteiger partial charge in [0.1, 0.15) is 6.23 Å². The van der Waals surface area contributed by atoms with E-state index < -0.39 is 0 Å². The molecule has 0 saturated heterocycles. The van der Waals surface area contributed by atoms with Crippen LogP contribution < -0.4 is 5.32 Å². The van der Waals surface area contributed by atoms with E-state index in [1.165, 1.54) is 238 Å². The topological polar surface area (TPSA) is 32.3 Å². The Bertz CT molecular complexity index is 438. The van der Waals surface area contributed by atoms with Gasteiger partial charge in [0.05, 0.1) is 0 Å². The van der Waals surface area contributed by atoms with Crippen molar-refractivity contribution in [2.75, 3.05) is 6.54 Å². The van der Waals surface area contributed by atoms with Gasteiger partial charge in [0.2, 0.25) is 0 Å². The first-order chi connectivity index (χ1) is 21.8. The molecule has 0 bridgehead atoms. The third-order valence-corrected chi connectivity index (χ3v) is 9.99. The molecular weight excluding hydrogens is 534 g/mol. The highest BCUT2D eigenvalue weighted by atomic mass is 16.3. The molecule has 2 heteroatoms. The molecule has 2 N–H and O–H groups in total. The van der Waals surface area contributed by atoms with Gasteiger partial charge < -0.3 is 5.11 Å². The van der Waals surface area contributed by atoms with Crippen LogP contribution in [0, 0.1) is 0 Å². The van der Waals surface area contributed by atoms with E-state index in [2.05, 4.69) is 19.2 Å². The summed E-state index contributed by atoms with van der Waals surface area (Å²) in [6.45, 7) is 5.59. The van der Waals surface area contributed by atoms with E-state index in [1.807, 2.05) is 0 Å². The second-order valence-electron chi connectivity index (χ2n) is 14.6. The summed E-state index contributed by atoms with van der Waals surface area (Å²) in [7, 11) is 0. The van der Waals surface area contributed by atoms with Crippen LogP contribution in [0.4, 0.5) is 0 Å². The van der Waals surface area contributed by atoms with Crippen LogP contribution in [-0.4, -0.2) is 17.9 Å². The lowest BCUT2D eigenvalue weighted by atomic mass is 10.0. The van der Waals surface area contributed by atoms with Gasteiger partial charge in [-0.05, 0) is 25.8 Å². The van der Waals surface area contributed by atoms with E-state index in [9.17, 15) is 5.11 Å². The predicted molar refractivity (Wildman–Crippen MR) is 201 cm³/mol. The zero-order valence-electron chi connectivity index (χ0n) is 31.1. The minimum absolute atomic E-state index is 0.286. The predicted octanol–water partition coefficient (Wildman–Crippen LogP) is 14.8. The van der Waals surface area contributed by atoms with Crippen LogP contribution in [-0.2, 0) is 0 Å². The molecule has 2 nitrogen and oxygen atoms in total. The van der Waals surface area contributed by atoms with Gasteiger partial charge in [0, 0.05) is 0 Å². The minimum Gasteiger partial charge on any atom is -0.379 e. The third kappa shape index (κ3) is 39.9. The summed E-state index contributed by atoms with van der Waals surface area (Å²) in [6.07, 6.45) is 53.2. The largest absolute Gasteiger partial charge is 0.379 e. The van der Waals surface area contributed by atoms with E-state index in [0.29, 0.717) is 0 Å². The van der Waals surface area contributed by atoms with Crippen molar-refractivity contribution in [1.29, 1.82) is 0 Å². The molecule has 0 fully saturated rings. The maximum absolute atomic E-state index is 10.2. The molecule has 266 valence electrons. The minimum atomic E-state index is -0.286. The lowest BCUT2D eigenvalue weighted by molar-refractivity contribution is 0.124. The SMILES string of the molecule is CCCCCCCCCCCCCCCCCCCCCC(O)NCCCCCCCCCCCCCCCCCCCC. The summed E-state index contributed by atoms with van der Waals surface area (Å²) < 4.78 is 0. The van der Waals surface area contributed by atoms with E-state index in [0.717, 1.165) is 13.0 Å². The number of hydrogen-bond donors (Lipinski definition) is 2. The molecule has 0 aliphatic rings. The van der Waals surface area contributed by atoms with E-state index in [-0.39, 0.29) is 6.23 Å². The van der Waals surface area contributed by atoms with Gasteiger partial charge in [-0.25, -0.2) is 0 Å². The van der Waals surface area contributed by atoms with Crippen LogP contribution in [0.5, 0.6) is 0 Å². The van der Waals surface area contributed by atoms with Crippen LogP contribution in [0.1, 0.15) is 258 Å². The molecule has 0 aromatic heterocycles. The molecule has 1 unspecified atom stereocenters. The zero-order chi connectivity index (χ0) is 31.9. The average molecular weight is 622 g/mol. The molecule has 1 atom stereocenters. The van der Waals surface area contributed by atoms with Gasteiger partial charge in [-0.15, -0.1) is 0 Å². The van der Waals surface area contributed by atoms with Crippen molar-refractivity contribution in [3.8, 4) is 0 Å². The monoisotopic (exact) mass is 622 g/mol. The van der Waals surface area contributed by atoms with Crippen molar-refractivity contribution in [3.63, 3.8) is 0 Å². The van der Waals surface area contributed by atoms with Crippen molar-refractivity contribution in [2.45, 2.75) is 264 Å². The van der Waals surface area contributed by atoms with Crippen molar-refractivity contribution >= 4 is 0 Å². The second kappa shape index (κ2) is 40.9. The van der Waals surface area contributed by atoms with E-state index >= 15 is 0 Å². The molecule has 0 amide bonds. The Morgan fingerprint density at radius 3 is 0.750 bits per heavy atom. The van der Waals surface area contributed by atoms with Crippen LogP contribution in [0.15, 0.2) is 0 Å². The summed E-state index contributed by atoms with van der Waals surface area (Å²) in [5.41, 5.74) is 0. The first-order valence-corrected chi connectivity index (χ1v) is 21.2. The number of aliphatic hydroxyl groups is 1. The zero-order valence-corrected chi connectivity index (χ0v) is 31.1. The second-order valence-corrected chi connectivity index (χ2v) is 14.6. The Balaban J connectivity index is 3.13. The number of aliphatic hydroxyl groups excluding tert-OH is 1. The quantitative estimate of drug-likeness (QED) is 0.0527. The lowest BCUT2D eigenvalue weighted by Crippen LogP contribution is -2.29. The van der Waals surface area contributed by atoms with Gasteiger partial charge in [-0.1, -0.05) is 239 Å². The first-order valence-electron chi connectivity index (χ1n) is 21.2. The van der Waals surface area contributed by atoms with E-state index in [4.69, 9.17) is 0 Å². The van der Waals surface area contributed by atoms with Crippen molar-refractivity contribution in [1.82, 2.24) is 5.32 Å². The Hall–Kier alpha value is -0.0800. The van der Waals surface area contributed by atoms with Crippen LogP contribution in [0.25, 0.3) is 0 Å². The Kier molecular flexibility index (Phi) is 40.9. The van der Waals surface area contributed by atoms with Crippen molar-refractivity contribution < 1.29 is 5.11 Å². The first kappa shape index (κ1) is 43.9. The summed E-state index contributed by atoms with van der Waals surface area (Å²) in [4.78, 5) is 0. The average Bonchev–Trinajstić information content (AvgIpc) is 3.03. The maximum atomic E-state index is 10.2. The van der Waals surface area contributed by atoms with Gasteiger partial charge in [0.15, 0.2) is 0 Å². The van der Waals surface area contributed by atoms with Crippen LogP contribution in [0.3, 0.4) is 0 Å². The number of hydrogen-bond acceptors (Lipinski definition) is 2. The highest BCUT2D eigenvalue weighted by molar-refractivity contribution is 4.57. The fourth-order valence-electron chi connectivity index (χ4n) is 6.81. The highest BCUT2D eigenvalue weighted by Gasteiger charge is 2.03. The van der Waals surface area contributed by atoms with Gasteiger partial charge in [-0.2, -0.15) is 0 Å². The molecule has 0 aromatic carbocycles. The summed E-state index contributed by atoms with van der Waals surface area (Å²) in [5.74, 6) is 0. The van der Waals surface area contributed by atoms with Crippen LogP contribution >= 0.6 is 0 Å². The Morgan fingerprint density at radius 1 is 0.295 bits per heavy atom. The molecule has 0 spiro atoms. The van der Waals surface area contributed by atoms with Gasteiger partial charge in [0.25, 0.3) is 0 Å². The number of rotatable bonds is 40. The van der Waals surface area contributed by atoms with E-state index in [1.54, 1.807) is 0 Å². The molecule has 0 heterocycles. The Labute approximate surface area is 280 Å². The fourth-order valence-corrected chi connectivity index (χ4v) is 6.81. The summed E-state index contributed by atoms with van der Waals surface area (Å²) in [6, 6.07) is 0. The standard InChI is InChI=1S/C42H87NO/c1-3-5-7-9-11-13-15-17-19-21-23-24-26-28-30-32-34-36-38-40-42(44)43-41-39-37-35-33-31-29-27-25-22-20-18-16-14-12-10-8-6-4-2/h42-44H,3-41H2,1-2H3. The van der Waals surface area contributed by atoms with Gasteiger partial charge >= 0.3 is 0 Å².